The third-order valence-corrected chi connectivity index (χ3v) is 4.16. The van der Waals surface area contributed by atoms with Crippen LogP contribution in [0.5, 0.6) is 0 Å². The molecule has 0 bridgehead atoms. The molecule has 0 aromatic carbocycles. The van der Waals surface area contributed by atoms with E-state index in [1.54, 1.807) is 0 Å². The first-order chi connectivity index (χ1) is 8.17. The molecule has 1 aliphatic rings. The summed E-state index contributed by atoms with van der Waals surface area (Å²) in [5, 5.41) is 13.2. The smallest absolute Gasteiger partial charge is 0.0613 e. The fourth-order valence-electron chi connectivity index (χ4n) is 3.03. The summed E-state index contributed by atoms with van der Waals surface area (Å²) in [5.74, 6) is 0. The second-order valence-electron chi connectivity index (χ2n) is 5.55. The molecule has 0 aromatic rings. The van der Waals surface area contributed by atoms with E-state index >= 15 is 0 Å². The Bertz CT molecular complexity index is 206. The van der Waals surface area contributed by atoms with Gasteiger partial charge in [-0.25, -0.2) is 0 Å². The van der Waals surface area contributed by atoms with Gasteiger partial charge in [0, 0.05) is 11.6 Å². The molecular weight excluding hydrogens is 212 g/mol. The molecule has 0 aromatic heterocycles. The number of hydrogen-bond donors (Lipinski definition) is 2. The van der Waals surface area contributed by atoms with E-state index in [9.17, 15) is 5.11 Å². The highest BCUT2D eigenvalue weighted by Crippen LogP contribution is 2.30. The highest BCUT2D eigenvalue weighted by atomic mass is 16.3. The van der Waals surface area contributed by atoms with Gasteiger partial charge in [-0.2, -0.15) is 0 Å². The van der Waals surface area contributed by atoms with Crippen LogP contribution in [0.2, 0.25) is 0 Å². The topological polar surface area (TPSA) is 35.5 Å². The Kier molecular flexibility index (Phi) is 6.45. The van der Waals surface area contributed by atoms with Crippen molar-refractivity contribution >= 4 is 0 Å². The maximum Gasteiger partial charge on any atom is 0.0613 e. The molecule has 102 valence electrons. The summed E-state index contributed by atoms with van der Waals surface area (Å²) in [6.07, 6.45) is 7.27. The van der Waals surface area contributed by atoms with Crippen molar-refractivity contribution in [3.05, 3.63) is 0 Å². The van der Waals surface area contributed by atoms with Gasteiger partial charge < -0.3 is 15.3 Å². The molecule has 1 rings (SSSR count). The first-order valence-electron chi connectivity index (χ1n) is 7.23. The zero-order valence-corrected chi connectivity index (χ0v) is 11.8. The van der Waals surface area contributed by atoms with E-state index in [1.165, 1.54) is 32.2 Å². The van der Waals surface area contributed by atoms with Crippen LogP contribution >= 0.6 is 0 Å². The minimum absolute atomic E-state index is 0.0157. The molecule has 0 radical (unpaired) electrons. The minimum Gasteiger partial charge on any atom is -0.394 e. The van der Waals surface area contributed by atoms with E-state index < -0.39 is 0 Å². The Balaban J connectivity index is 2.51. The molecule has 2 atom stereocenters. The third-order valence-electron chi connectivity index (χ3n) is 4.16. The Labute approximate surface area is 107 Å². The maximum atomic E-state index is 9.67. The van der Waals surface area contributed by atoms with Crippen LogP contribution in [0.1, 0.15) is 52.4 Å². The van der Waals surface area contributed by atoms with Crippen LogP contribution in [0.25, 0.3) is 0 Å². The van der Waals surface area contributed by atoms with Crippen molar-refractivity contribution < 1.29 is 5.11 Å². The fourth-order valence-corrected chi connectivity index (χ4v) is 3.03. The van der Waals surface area contributed by atoms with E-state index in [2.05, 4.69) is 31.1 Å². The summed E-state index contributed by atoms with van der Waals surface area (Å²) in [6, 6.07) is 0.640. The number of nitrogens with one attached hydrogen (secondary N) is 1. The van der Waals surface area contributed by atoms with Gasteiger partial charge in [0.15, 0.2) is 0 Å². The molecule has 17 heavy (non-hydrogen) atoms. The standard InChI is InChI=1S/C14H30N2O/c1-4-6-10-16(3)13-8-7-9-14(11-13,12-17)15-5-2/h13,15,17H,4-12H2,1-3H3. The zero-order valence-electron chi connectivity index (χ0n) is 11.8. The summed E-state index contributed by atoms with van der Waals surface area (Å²) >= 11 is 0. The van der Waals surface area contributed by atoms with Crippen molar-refractivity contribution in [2.45, 2.75) is 64.0 Å². The number of aliphatic hydroxyl groups is 1. The van der Waals surface area contributed by atoms with Crippen molar-refractivity contribution in [3.8, 4) is 0 Å². The Morgan fingerprint density at radius 2 is 2.18 bits per heavy atom. The van der Waals surface area contributed by atoms with E-state index in [1.807, 2.05) is 0 Å². The molecule has 1 saturated carbocycles. The van der Waals surface area contributed by atoms with Gasteiger partial charge in [-0.3, -0.25) is 0 Å². The van der Waals surface area contributed by atoms with E-state index in [-0.39, 0.29) is 12.1 Å². The number of unbranched alkanes of at least 4 members (excludes halogenated alkanes) is 1. The Hall–Kier alpha value is -0.120. The lowest BCUT2D eigenvalue weighted by atomic mass is 9.79. The Morgan fingerprint density at radius 3 is 2.76 bits per heavy atom. The number of nitrogens with zero attached hydrogens (tertiary/aromatic N) is 1. The van der Waals surface area contributed by atoms with Gasteiger partial charge in [-0.1, -0.05) is 20.3 Å². The van der Waals surface area contributed by atoms with E-state index in [4.69, 9.17) is 0 Å². The molecule has 0 saturated heterocycles. The first kappa shape index (κ1) is 14.9. The van der Waals surface area contributed by atoms with Gasteiger partial charge in [0.2, 0.25) is 0 Å². The molecule has 3 heteroatoms. The lowest BCUT2D eigenvalue weighted by Crippen LogP contribution is -2.55. The molecule has 0 heterocycles. The van der Waals surface area contributed by atoms with Crippen LogP contribution in [-0.2, 0) is 0 Å². The second kappa shape index (κ2) is 7.34. The quantitative estimate of drug-likeness (QED) is 0.717. The molecule has 1 fully saturated rings. The van der Waals surface area contributed by atoms with Gasteiger partial charge >= 0.3 is 0 Å². The summed E-state index contributed by atoms with van der Waals surface area (Å²) in [7, 11) is 2.24. The van der Waals surface area contributed by atoms with Crippen molar-refractivity contribution in [2.24, 2.45) is 0 Å². The van der Waals surface area contributed by atoms with Crippen molar-refractivity contribution in [2.75, 3.05) is 26.7 Å². The normalized spacial score (nSPS) is 29.8. The number of rotatable bonds is 7. The lowest BCUT2D eigenvalue weighted by molar-refractivity contribution is 0.0703. The largest absolute Gasteiger partial charge is 0.394 e. The lowest BCUT2D eigenvalue weighted by Gasteiger charge is -2.43. The number of likely N-dealkylation sites (N-methyl/N-ethyl adjacent to an activating group) is 1. The van der Waals surface area contributed by atoms with Gasteiger partial charge in [-0.05, 0) is 52.2 Å². The molecule has 3 nitrogen and oxygen atoms in total. The highest BCUT2D eigenvalue weighted by Gasteiger charge is 2.36. The zero-order chi connectivity index (χ0) is 12.7. The Morgan fingerprint density at radius 1 is 1.41 bits per heavy atom. The van der Waals surface area contributed by atoms with Crippen LogP contribution in [0, 0.1) is 0 Å². The molecule has 0 amide bonds. The summed E-state index contributed by atoms with van der Waals surface area (Å²) in [4.78, 5) is 2.49. The van der Waals surface area contributed by atoms with Crippen LogP contribution in [0.15, 0.2) is 0 Å². The van der Waals surface area contributed by atoms with Crippen LogP contribution in [-0.4, -0.2) is 48.3 Å². The molecule has 1 aliphatic carbocycles. The average molecular weight is 242 g/mol. The summed E-state index contributed by atoms with van der Waals surface area (Å²) in [6.45, 7) is 6.78. The van der Waals surface area contributed by atoms with Gasteiger partial charge in [-0.15, -0.1) is 0 Å². The van der Waals surface area contributed by atoms with Gasteiger partial charge in [0.25, 0.3) is 0 Å². The SMILES string of the molecule is CCCCN(C)C1CCCC(CO)(NCC)C1. The predicted molar refractivity (Wildman–Crippen MR) is 73.3 cm³/mol. The van der Waals surface area contributed by atoms with Crippen molar-refractivity contribution in [1.82, 2.24) is 10.2 Å². The summed E-state index contributed by atoms with van der Waals surface area (Å²) in [5.41, 5.74) is -0.0157. The molecule has 2 unspecified atom stereocenters. The number of aliphatic hydroxyl groups excluding tert-OH is 1. The monoisotopic (exact) mass is 242 g/mol. The highest BCUT2D eigenvalue weighted by molar-refractivity contribution is 4.95. The predicted octanol–water partition coefficient (Wildman–Crippen LogP) is 2.00. The van der Waals surface area contributed by atoms with Gasteiger partial charge in [0.05, 0.1) is 6.61 Å². The first-order valence-corrected chi connectivity index (χ1v) is 7.23. The van der Waals surface area contributed by atoms with Crippen LogP contribution in [0.4, 0.5) is 0 Å². The van der Waals surface area contributed by atoms with Crippen LogP contribution < -0.4 is 5.32 Å². The molecule has 0 aliphatic heterocycles. The fraction of sp³-hybridized carbons (Fsp3) is 1.00. The number of hydrogen-bond acceptors (Lipinski definition) is 3. The van der Waals surface area contributed by atoms with Crippen LogP contribution in [0.3, 0.4) is 0 Å². The molecule has 0 spiro atoms. The molecular formula is C14H30N2O. The van der Waals surface area contributed by atoms with Gasteiger partial charge in [0.1, 0.15) is 0 Å². The summed E-state index contributed by atoms with van der Waals surface area (Å²) < 4.78 is 0. The molecule has 2 N–H and O–H groups in total. The van der Waals surface area contributed by atoms with E-state index in [0.717, 1.165) is 19.4 Å². The maximum absolute atomic E-state index is 9.67. The van der Waals surface area contributed by atoms with Crippen molar-refractivity contribution in [1.29, 1.82) is 0 Å². The minimum atomic E-state index is -0.0157. The van der Waals surface area contributed by atoms with E-state index in [0.29, 0.717) is 6.04 Å². The third kappa shape index (κ3) is 4.23. The van der Waals surface area contributed by atoms with Crippen molar-refractivity contribution in [3.63, 3.8) is 0 Å². The average Bonchev–Trinajstić information content (AvgIpc) is 2.36. The second-order valence-corrected chi connectivity index (χ2v) is 5.55.